The van der Waals surface area contributed by atoms with Crippen molar-refractivity contribution in [3.8, 4) is 6.07 Å². The van der Waals surface area contributed by atoms with Crippen molar-refractivity contribution in [3.05, 3.63) is 29.3 Å². The number of aryl methyl sites for hydroxylation is 2. The maximum absolute atomic E-state index is 9.08. The number of hydrogen-bond acceptors (Lipinski definition) is 3. The highest BCUT2D eigenvalue weighted by molar-refractivity contribution is 5.56. The van der Waals surface area contributed by atoms with Crippen molar-refractivity contribution in [2.24, 2.45) is 5.41 Å². The minimum atomic E-state index is -0.325. The molecule has 1 aromatic carbocycles. The van der Waals surface area contributed by atoms with Crippen LogP contribution in [-0.4, -0.2) is 19.8 Å². The van der Waals surface area contributed by atoms with E-state index in [-0.39, 0.29) is 5.41 Å². The quantitative estimate of drug-likeness (QED) is 0.842. The molecule has 3 nitrogen and oxygen atoms in total. The van der Waals surface area contributed by atoms with Crippen LogP contribution in [0.1, 0.15) is 11.1 Å². The summed E-state index contributed by atoms with van der Waals surface area (Å²) >= 11 is 0. The second-order valence-electron chi connectivity index (χ2n) is 4.51. The van der Waals surface area contributed by atoms with E-state index in [0.717, 1.165) is 5.69 Å². The van der Waals surface area contributed by atoms with E-state index in [1.807, 2.05) is 6.07 Å². The molecule has 0 radical (unpaired) electrons. The summed E-state index contributed by atoms with van der Waals surface area (Å²) in [5.41, 5.74) is 3.25. The third kappa shape index (κ3) is 1.89. The first-order valence-electron chi connectivity index (χ1n) is 5.46. The summed E-state index contributed by atoms with van der Waals surface area (Å²) in [6, 6.07) is 8.53. The molecule has 0 aromatic heterocycles. The fraction of sp³-hybridized carbons (Fsp3) is 0.462. The maximum Gasteiger partial charge on any atom is 0.121 e. The van der Waals surface area contributed by atoms with Gasteiger partial charge in [0.05, 0.1) is 19.3 Å². The van der Waals surface area contributed by atoms with Crippen LogP contribution < -0.4 is 5.32 Å². The van der Waals surface area contributed by atoms with E-state index in [0.29, 0.717) is 19.8 Å². The molecule has 0 bridgehead atoms. The number of rotatable bonds is 3. The van der Waals surface area contributed by atoms with Crippen molar-refractivity contribution in [2.45, 2.75) is 13.8 Å². The number of hydrogen-bond donors (Lipinski definition) is 1. The van der Waals surface area contributed by atoms with Crippen LogP contribution in [0.2, 0.25) is 0 Å². The highest BCUT2D eigenvalue weighted by atomic mass is 16.5. The highest BCUT2D eigenvalue weighted by Gasteiger charge is 2.38. The SMILES string of the molecule is Cc1cccc(C)c1NCC1(C#N)COC1. The Labute approximate surface area is 96.0 Å². The first-order chi connectivity index (χ1) is 7.67. The molecule has 1 fully saturated rings. The van der Waals surface area contributed by atoms with Crippen molar-refractivity contribution in [1.29, 1.82) is 5.26 Å². The second kappa shape index (κ2) is 4.15. The summed E-state index contributed by atoms with van der Waals surface area (Å²) < 4.78 is 5.12. The van der Waals surface area contributed by atoms with Gasteiger partial charge in [-0.3, -0.25) is 0 Å². The Balaban J connectivity index is 2.08. The monoisotopic (exact) mass is 216 g/mol. The molecule has 2 rings (SSSR count). The molecule has 0 unspecified atom stereocenters. The molecular formula is C13H16N2O. The average molecular weight is 216 g/mol. The lowest BCUT2D eigenvalue weighted by atomic mass is 9.87. The van der Waals surface area contributed by atoms with Crippen LogP contribution in [0, 0.1) is 30.6 Å². The minimum Gasteiger partial charge on any atom is -0.383 e. The van der Waals surface area contributed by atoms with E-state index in [2.05, 4.69) is 37.4 Å². The molecule has 3 heteroatoms. The molecule has 1 N–H and O–H groups in total. The van der Waals surface area contributed by atoms with Crippen LogP contribution in [0.25, 0.3) is 0 Å². The molecule has 1 aromatic rings. The predicted molar refractivity (Wildman–Crippen MR) is 63.3 cm³/mol. The van der Waals surface area contributed by atoms with Crippen LogP contribution in [0.4, 0.5) is 5.69 Å². The number of benzene rings is 1. The van der Waals surface area contributed by atoms with Crippen LogP contribution >= 0.6 is 0 Å². The number of nitrogens with one attached hydrogen (secondary N) is 1. The third-order valence-corrected chi connectivity index (χ3v) is 3.08. The Kier molecular flexibility index (Phi) is 2.84. The van der Waals surface area contributed by atoms with Gasteiger partial charge in [0.15, 0.2) is 0 Å². The van der Waals surface area contributed by atoms with E-state index in [1.165, 1.54) is 11.1 Å². The first-order valence-corrected chi connectivity index (χ1v) is 5.46. The van der Waals surface area contributed by atoms with E-state index in [4.69, 9.17) is 10.00 Å². The van der Waals surface area contributed by atoms with Gasteiger partial charge in [-0.1, -0.05) is 18.2 Å². The molecule has 1 aliphatic rings. The van der Waals surface area contributed by atoms with Gasteiger partial charge >= 0.3 is 0 Å². The Morgan fingerprint density at radius 3 is 2.44 bits per heavy atom. The summed E-state index contributed by atoms with van der Waals surface area (Å²) in [6.45, 7) is 5.90. The first kappa shape index (κ1) is 11.0. The fourth-order valence-corrected chi connectivity index (χ4v) is 1.91. The molecular weight excluding hydrogens is 200 g/mol. The lowest BCUT2D eigenvalue weighted by Gasteiger charge is -2.35. The molecule has 1 aliphatic heterocycles. The molecule has 1 heterocycles. The summed E-state index contributed by atoms with van der Waals surface area (Å²) in [7, 11) is 0. The van der Waals surface area contributed by atoms with Crippen molar-refractivity contribution in [3.63, 3.8) is 0 Å². The van der Waals surface area contributed by atoms with Gasteiger partial charge in [-0.25, -0.2) is 0 Å². The number of anilines is 1. The van der Waals surface area contributed by atoms with E-state index in [1.54, 1.807) is 0 Å². The topological polar surface area (TPSA) is 45.0 Å². The second-order valence-corrected chi connectivity index (χ2v) is 4.51. The van der Waals surface area contributed by atoms with Crippen LogP contribution in [0.3, 0.4) is 0 Å². The normalized spacial score (nSPS) is 17.3. The van der Waals surface area contributed by atoms with E-state index >= 15 is 0 Å². The molecule has 16 heavy (non-hydrogen) atoms. The van der Waals surface area contributed by atoms with Gasteiger partial charge in [0, 0.05) is 12.2 Å². The van der Waals surface area contributed by atoms with Crippen LogP contribution in [0.5, 0.6) is 0 Å². The Morgan fingerprint density at radius 1 is 1.38 bits per heavy atom. The molecule has 0 saturated carbocycles. The Bertz CT molecular complexity index is 410. The predicted octanol–water partition coefficient (Wildman–Crippen LogP) is 2.26. The van der Waals surface area contributed by atoms with Gasteiger partial charge in [-0.15, -0.1) is 0 Å². The zero-order valence-electron chi connectivity index (χ0n) is 9.71. The highest BCUT2D eigenvalue weighted by Crippen LogP contribution is 2.28. The summed E-state index contributed by atoms with van der Waals surface area (Å²) in [4.78, 5) is 0. The zero-order chi connectivity index (χ0) is 11.6. The molecule has 84 valence electrons. The summed E-state index contributed by atoms with van der Waals surface area (Å²) in [5.74, 6) is 0. The van der Waals surface area contributed by atoms with Crippen molar-refractivity contribution in [2.75, 3.05) is 25.1 Å². The zero-order valence-corrected chi connectivity index (χ0v) is 9.71. The van der Waals surface area contributed by atoms with Crippen LogP contribution in [-0.2, 0) is 4.74 Å². The van der Waals surface area contributed by atoms with Crippen LogP contribution in [0.15, 0.2) is 18.2 Å². The largest absolute Gasteiger partial charge is 0.383 e. The molecule has 0 atom stereocenters. The number of nitrogens with zero attached hydrogens (tertiary/aromatic N) is 1. The van der Waals surface area contributed by atoms with Gasteiger partial charge < -0.3 is 10.1 Å². The summed E-state index contributed by atoms with van der Waals surface area (Å²) in [6.07, 6.45) is 0. The molecule has 0 spiro atoms. The number of para-hydroxylation sites is 1. The number of ether oxygens (including phenoxy) is 1. The smallest absolute Gasteiger partial charge is 0.121 e. The van der Waals surface area contributed by atoms with Gasteiger partial charge in [0.25, 0.3) is 0 Å². The lowest BCUT2D eigenvalue weighted by Crippen LogP contribution is -2.46. The van der Waals surface area contributed by atoms with Crippen molar-refractivity contribution in [1.82, 2.24) is 0 Å². The van der Waals surface area contributed by atoms with Gasteiger partial charge in [0.1, 0.15) is 5.41 Å². The Morgan fingerprint density at radius 2 is 2.00 bits per heavy atom. The maximum atomic E-state index is 9.08. The van der Waals surface area contributed by atoms with Crippen molar-refractivity contribution >= 4 is 5.69 Å². The van der Waals surface area contributed by atoms with Gasteiger partial charge in [-0.2, -0.15) is 5.26 Å². The number of nitriles is 1. The molecule has 1 saturated heterocycles. The van der Waals surface area contributed by atoms with Gasteiger partial charge in [-0.05, 0) is 25.0 Å². The minimum absolute atomic E-state index is 0.325. The standard InChI is InChI=1S/C13H16N2O/c1-10-4-3-5-11(2)12(10)15-7-13(6-14)8-16-9-13/h3-5,15H,7-9H2,1-2H3. The van der Waals surface area contributed by atoms with Crippen molar-refractivity contribution < 1.29 is 4.74 Å². The Hall–Kier alpha value is -1.53. The van der Waals surface area contributed by atoms with E-state index < -0.39 is 0 Å². The molecule has 0 amide bonds. The fourth-order valence-electron chi connectivity index (χ4n) is 1.91. The van der Waals surface area contributed by atoms with Gasteiger partial charge in [0.2, 0.25) is 0 Å². The summed E-state index contributed by atoms with van der Waals surface area (Å²) in [5, 5.41) is 12.5. The van der Waals surface area contributed by atoms with E-state index in [9.17, 15) is 0 Å². The lowest BCUT2D eigenvalue weighted by molar-refractivity contribution is -0.0690. The molecule has 0 aliphatic carbocycles. The average Bonchev–Trinajstić information content (AvgIpc) is 2.20. The third-order valence-electron chi connectivity index (χ3n) is 3.08.